The van der Waals surface area contributed by atoms with Crippen LogP contribution in [0.15, 0.2) is 109 Å². The molecule has 0 bridgehead atoms. The molecule has 0 aliphatic rings. The van der Waals surface area contributed by atoms with E-state index in [-0.39, 0.29) is 0 Å². The molecule has 0 radical (unpaired) electrons. The highest BCUT2D eigenvalue weighted by Gasteiger charge is 2.41. The summed E-state index contributed by atoms with van der Waals surface area (Å²) in [6, 6.07) is 27.7. The van der Waals surface area contributed by atoms with Gasteiger partial charge in [-0.05, 0) is 108 Å². The number of alkyl carbamates (subject to hydrolysis) is 1. The number of carboxylic acid groups (broad SMARTS) is 1. The number of H-pyrrole nitrogens is 1. The van der Waals surface area contributed by atoms with Gasteiger partial charge in [0.05, 0.1) is 0 Å². The maximum Gasteiger partial charge on any atom is 0.408 e. The number of ether oxygens (including phenoxy) is 1. The molecular formula is C48H57N7O8. The molecule has 4 aromatic carbocycles. The Bertz CT molecular complexity index is 2440. The Hall–Kier alpha value is -7.16. The summed E-state index contributed by atoms with van der Waals surface area (Å²) in [6.45, 7) is 13.5. The zero-order valence-corrected chi connectivity index (χ0v) is 37.3. The quantitative estimate of drug-likeness (QED) is 0.0782. The minimum atomic E-state index is -1.26. The van der Waals surface area contributed by atoms with Crippen LogP contribution in [0.4, 0.5) is 21.0 Å². The lowest BCUT2D eigenvalue weighted by molar-refractivity contribution is -0.142. The van der Waals surface area contributed by atoms with Crippen molar-refractivity contribution in [2.75, 3.05) is 24.7 Å². The highest BCUT2D eigenvalue weighted by Crippen LogP contribution is 2.32. The van der Waals surface area contributed by atoms with Crippen LogP contribution in [0.1, 0.15) is 78.6 Å². The summed E-state index contributed by atoms with van der Waals surface area (Å²) in [7, 11) is 2.99. The molecule has 0 fully saturated rings. The lowest BCUT2D eigenvalue weighted by Crippen LogP contribution is -2.54. The average molecular weight is 860 g/mol. The van der Waals surface area contributed by atoms with Gasteiger partial charge in [0.2, 0.25) is 17.7 Å². The molecule has 0 saturated heterocycles. The molecule has 63 heavy (non-hydrogen) atoms. The normalized spacial score (nSPS) is 13.4. The fraction of sp³-hybridized carbons (Fsp3) is 0.333. The van der Waals surface area contributed by atoms with E-state index in [2.05, 4.69) is 20.9 Å². The molecule has 4 atom stereocenters. The molecule has 332 valence electrons. The van der Waals surface area contributed by atoms with Crippen molar-refractivity contribution < 1.29 is 38.6 Å². The van der Waals surface area contributed by atoms with Gasteiger partial charge in [-0.25, -0.2) is 9.59 Å². The standard InChI is InChI=1S/C48H57N7O8/c1-29(53(9)43(58)39(32-17-13-11-14-18-32)52-45(60)63-48(6,7)8)42(57)50-36-25-26-37-34(27-36)28-38(51-37)31-21-23-35(24-22-31)49-41(56)30(2)54(10)44(59)40(33-19-15-12-16-20-33)55(46(61)62)47(3,4)5/h11-30,39-40,51H,1-10H3,(H,49,56)(H,50,57)(H,52,60)(H,61,62)/t29-,30-,39+,40+/m0/s1. The third-order valence-corrected chi connectivity index (χ3v) is 10.5. The maximum atomic E-state index is 14.0. The van der Waals surface area contributed by atoms with Crippen LogP contribution in [-0.2, 0) is 23.9 Å². The van der Waals surface area contributed by atoms with Gasteiger partial charge in [0.15, 0.2) is 0 Å². The molecular weight excluding hydrogens is 803 g/mol. The fourth-order valence-corrected chi connectivity index (χ4v) is 6.90. The Morgan fingerprint density at radius 1 is 0.651 bits per heavy atom. The predicted molar refractivity (Wildman–Crippen MR) is 243 cm³/mol. The molecule has 0 spiro atoms. The van der Waals surface area contributed by atoms with Crippen molar-refractivity contribution >= 4 is 58.1 Å². The molecule has 0 aliphatic heterocycles. The number of carbonyl (C=O) groups is 6. The number of aromatic amines is 1. The number of rotatable bonds is 13. The van der Waals surface area contributed by atoms with Crippen molar-refractivity contribution in [3.8, 4) is 11.3 Å². The zero-order chi connectivity index (χ0) is 46.4. The number of hydrogen-bond donors (Lipinski definition) is 5. The Labute approximate surface area is 367 Å². The van der Waals surface area contributed by atoms with Gasteiger partial charge < -0.3 is 40.6 Å². The smallest absolute Gasteiger partial charge is 0.408 e. The third-order valence-electron chi connectivity index (χ3n) is 10.5. The van der Waals surface area contributed by atoms with Crippen molar-refractivity contribution in [3.63, 3.8) is 0 Å². The second kappa shape index (κ2) is 19.3. The van der Waals surface area contributed by atoms with Crippen molar-refractivity contribution in [3.05, 3.63) is 120 Å². The number of nitrogens with zero attached hydrogens (tertiary/aromatic N) is 3. The number of benzene rings is 4. The zero-order valence-electron chi connectivity index (χ0n) is 37.3. The van der Waals surface area contributed by atoms with E-state index in [9.17, 15) is 33.9 Å². The van der Waals surface area contributed by atoms with E-state index in [4.69, 9.17) is 4.74 Å². The maximum absolute atomic E-state index is 14.0. The monoisotopic (exact) mass is 859 g/mol. The Morgan fingerprint density at radius 3 is 1.68 bits per heavy atom. The minimum Gasteiger partial charge on any atom is -0.465 e. The van der Waals surface area contributed by atoms with Crippen molar-refractivity contribution in [1.29, 1.82) is 0 Å². The van der Waals surface area contributed by atoms with E-state index in [1.807, 2.05) is 30.3 Å². The van der Waals surface area contributed by atoms with Crippen LogP contribution in [0.2, 0.25) is 0 Å². The SMILES string of the molecule is C[C@@H](C(=O)Nc1ccc2[nH]c(-c3ccc(NC(=O)[C@H](C)N(C)C(=O)[C@@H](c4ccccc4)N(C(=O)O)C(C)(C)C)cc3)cc2c1)N(C)C(=O)[C@H](NC(=O)OC(C)(C)C)c1ccccc1. The summed E-state index contributed by atoms with van der Waals surface area (Å²) in [5.41, 5.74) is 2.74. The van der Waals surface area contributed by atoms with E-state index >= 15 is 0 Å². The molecule has 5 aromatic rings. The van der Waals surface area contributed by atoms with E-state index in [0.29, 0.717) is 22.5 Å². The Morgan fingerprint density at radius 2 is 1.16 bits per heavy atom. The van der Waals surface area contributed by atoms with E-state index in [1.54, 1.807) is 134 Å². The second-order valence-electron chi connectivity index (χ2n) is 17.4. The van der Waals surface area contributed by atoms with Gasteiger partial charge in [-0.2, -0.15) is 0 Å². The first-order valence-electron chi connectivity index (χ1n) is 20.6. The number of anilines is 2. The van der Waals surface area contributed by atoms with Gasteiger partial charge in [0.25, 0.3) is 5.91 Å². The molecule has 0 saturated carbocycles. The van der Waals surface area contributed by atoms with E-state index in [0.717, 1.165) is 27.1 Å². The molecule has 0 unspecified atom stereocenters. The van der Waals surface area contributed by atoms with Crippen LogP contribution >= 0.6 is 0 Å². The van der Waals surface area contributed by atoms with Crippen LogP contribution in [-0.4, -0.2) is 97.9 Å². The summed E-state index contributed by atoms with van der Waals surface area (Å²) < 4.78 is 5.40. The average Bonchev–Trinajstić information content (AvgIpc) is 3.66. The number of nitrogens with one attached hydrogen (secondary N) is 4. The van der Waals surface area contributed by atoms with Crippen LogP contribution < -0.4 is 16.0 Å². The summed E-state index contributed by atoms with van der Waals surface area (Å²) in [4.78, 5) is 86.9. The van der Waals surface area contributed by atoms with Crippen LogP contribution in [0.3, 0.4) is 0 Å². The molecule has 15 heteroatoms. The highest BCUT2D eigenvalue weighted by molar-refractivity contribution is 6.01. The number of fused-ring (bicyclic) bond motifs is 1. The third kappa shape index (κ3) is 11.6. The van der Waals surface area contributed by atoms with Crippen LogP contribution in [0.25, 0.3) is 22.2 Å². The van der Waals surface area contributed by atoms with Gasteiger partial charge in [-0.1, -0.05) is 72.8 Å². The predicted octanol–water partition coefficient (Wildman–Crippen LogP) is 8.19. The van der Waals surface area contributed by atoms with Gasteiger partial charge in [-0.3, -0.25) is 24.1 Å². The summed E-state index contributed by atoms with van der Waals surface area (Å²) in [5, 5.41) is 19.4. The highest BCUT2D eigenvalue weighted by atomic mass is 16.6. The van der Waals surface area contributed by atoms with Gasteiger partial charge >= 0.3 is 12.2 Å². The number of likely N-dealkylation sites (N-methyl/N-ethyl adjacent to an activating group) is 2. The van der Waals surface area contributed by atoms with Crippen LogP contribution in [0, 0.1) is 0 Å². The number of carbonyl (C=O) groups excluding carboxylic acids is 5. The van der Waals surface area contributed by atoms with E-state index in [1.165, 1.54) is 23.9 Å². The molecule has 1 heterocycles. The van der Waals surface area contributed by atoms with Crippen molar-refractivity contribution in [1.82, 2.24) is 25.0 Å². The summed E-state index contributed by atoms with van der Waals surface area (Å²) in [6.07, 6.45) is -2.02. The molecule has 1 aromatic heterocycles. The lowest BCUT2D eigenvalue weighted by Gasteiger charge is -2.41. The molecule has 0 aliphatic carbocycles. The number of aromatic nitrogens is 1. The topological polar surface area (TPSA) is 193 Å². The summed E-state index contributed by atoms with van der Waals surface area (Å²) >= 11 is 0. The largest absolute Gasteiger partial charge is 0.465 e. The molecule has 5 rings (SSSR count). The molecule has 5 N–H and O–H groups in total. The van der Waals surface area contributed by atoms with Crippen LogP contribution in [0.5, 0.6) is 0 Å². The molecule has 6 amide bonds. The number of hydrogen-bond acceptors (Lipinski definition) is 7. The minimum absolute atomic E-state index is 0.435. The first kappa shape index (κ1) is 46.9. The fourth-order valence-electron chi connectivity index (χ4n) is 6.90. The van der Waals surface area contributed by atoms with Crippen molar-refractivity contribution in [2.24, 2.45) is 0 Å². The first-order chi connectivity index (χ1) is 29.5. The Kier molecular flexibility index (Phi) is 14.3. The van der Waals surface area contributed by atoms with E-state index < -0.39 is 71.1 Å². The second-order valence-corrected chi connectivity index (χ2v) is 17.4. The van der Waals surface area contributed by atoms with Gasteiger partial charge in [-0.15, -0.1) is 0 Å². The van der Waals surface area contributed by atoms with Gasteiger partial charge in [0.1, 0.15) is 29.8 Å². The van der Waals surface area contributed by atoms with Crippen molar-refractivity contribution in [2.45, 2.75) is 90.7 Å². The first-order valence-corrected chi connectivity index (χ1v) is 20.6. The molecule has 15 nitrogen and oxygen atoms in total. The lowest BCUT2D eigenvalue weighted by atomic mass is 9.97. The van der Waals surface area contributed by atoms with Gasteiger partial charge in [0, 0.05) is 47.6 Å². The Balaban J connectivity index is 1.24. The summed E-state index contributed by atoms with van der Waals surface area (Å²) in [5.74, 6) is -1.94. The number of amides is 6.